The Kier molecular flexibility index (Phi) is 2.16. The Balaban J connectivity index is 2.15. The second-order valence-electron chi connectivity index (χ2n) is 4.30. The first kappa shape index (κ1) is 8.82. The molecule has 1 aliphatic rings. The Labute approximate surface area is 79.3 Å². The zero-order valence-corrected chi connectivity index (χ0v) is 8.34. The van der Waals surface area contributed by atoms with Gasteiger partial charge >= 0.3 is 0 Å². The van der Waals surface area contributed by atoms with E-state index in [2.05, 4.69) is 18.3 Å². The average Bonchev–Trinajstić information content (AvgIpc) is 2.72. The van der Waals surface area contributed by atoms with Crippen LogP contribution in [0.4, 0.5) is 0 Å². The van der Waals surface area contributed by atoms with E-state index in [4.69, 9.17) is 4.42 Å². The second kappa shape index (κ2) is 3.18. The summed E-state index contributed by atoms with van der Waals surface area (Å²) in [7, 11) is 2.05. The van der Waals surface area contributed by atoms with Gasteiger partial charge in [0.1, 0.15) is 0 Å². The van der Waals surface area contributed by atoms with Gasteiger partial charge in [-0.05, 0) is 43.4 Å². The zero-order chi connectivity index (χ0) is 9.31. The predicted molar refractivity (Wildman–Crippen MR) is 52.8 cm³/mol. The third-order valence-electron chi connectivity index (χ3n) is 3.37. The fourth-order valence-corrected chi connectivity index (χ4v) is 2.36. The van der Waals surface area contributed by atoms with E-state index in [0.717, 1.165) is 0 Å². The summed E-state index contributed by atoms with van der Waals surface area (Å²) >= 11 is 0. The molecule has 1 heterocycles. The van der Waals surface area contributed by atoms with Gasteiger partial charge in [-0.3, -0.25) is 0 Å². The number of nitrogens with one attached hydrogen (secondary N) is 1. The molecule has 1 saturated carbocycles. The monoisotopic (exact) mass is 179 g/mol. The fraction of sp³-hybridized carbons (Fsp3) is 0.636. The van der Waals surface area contributed by atoms with Crippen LogP contribution in [0.15, 0.2) is 23.0 Å². The summed E-state index contributed by atoms with van der Waals surface area (Å²) in [5, 5.41) is 3.35. The maximum atomic E-state index is 5.14. The molecule has 0 saturated heterocycles. The molecular weight excluding hydrogens is 162 g/mol. The molecule has 1 aliphatic carbocycles. The standard InChI is InChI=1S/C11H17NO/c1-11(9-4-6-13-8-9)5-3-10(7-11)12-2/h4,6,8,10,12H,3,5,7H2,1-2H3. The second-order valence-corrected chi connectivity index (χ2v) is 4.30. The van der Waals surface area contributed by atoms with Crippen LogP contribution in [0.5, 0.6) is 0 Å². The quantitative estimate of drug-likeness (QED) is 0.753. The van der Waals surface area contributed by atoms with Gasteiger partial charge in [0.15, 0.2) is 0 Å². The molecule has 0 radical (unpaired) electrons. The lowest BCUT2D eigenvalue weighted by Gasteiger charge is -2.22. The highest BCUT2D eigenvalue weighted by atomic mass is 16.3. The molecule has 2 heteroatoms. The van der Waals surface area contributed by atoms with Gasteiger partial charge in [0, 0.05) is 6.04 Å². The minimum atomic E-state index is 0.334. The van der Waals surface area contributed by atoms with E-state index in [1.165, 1.54) is 24.8 Å². The van der Waals surface area contributed by atoms with Gasteiger partial charge in [-0.1, -0.05) is 6.92 Å². The van der Waals surface area contributed by atoms with Gasteiger partial charge in [-0.15, -0.1) is 0 Å². The van der Waals surface area contributed by atoms with Gasteiger partial charge in [0.25, 0.3) is 0 Å². The average molecular weight is 179 g/mol. The van der Waals surface area contributed by atoms with E-state index in [0.29, 0.717) is 11.5 Å². The van der Waals surface area contributed by atoms with Crippen LogP contribution in [-0.2, 0) is 5.41 Å². The Morgan fingerprint density at radius 3 is 3.00 bits per heavy atom. The summed E-state index contributed by atoms with van der Waals surface area (Å²) in [5.41, 5.74) is 1.69. The largest absolute Gasteiger partial charge is 0.472 e. The van der Waals surface area contributed by atoms with Gasteiger partial charge in [-0.2, -0.15) is 0 Å². The van der Waals surface area contributed by atoms with Crippen LogP contribution < -0.4 is 5.32 Å². The molecule has 0 aromatic carbocycles. The highest BCUT2D eigenvalue weighted by molar-refractivity contribution is 5.21. The van der Waals surface area contributed by atoms with Crippen LogP contribution in [0.1, 0.15) is 31.7 Å². The molecule has 0 bridgehead atoms. The van der Waals surface area contributed by atoms with E-state index in [9.17, 15) is 0 Å². The van der Waals surface area contributed by atoms with Gasteiger partial charge in [-0.25, -0.2) is 0 Å². The van der Waals surface area contributed by atoms with Crippen LogP contribution in [0.3, 0.4) is 0 Å². The molecule has 2 nitrogen and oxygen atoms in total. The summed E-state index contributed by atoms with van der Waals surface area (Å²) in [6.07, 6.45) is 7.42. The zero-order valence-electron chi connectivity index (χ0n) is 8.34. The molecule has 1 N–H and O–H groups in total. The number of hydrogen-bond donors (Lipinski definition) is 1. The predicted octanol–water partition coefficient (Wildman–Crippen LogP) is 2.31. The van der Waals surface area contributed by atoms with Crippen molar-refractivity contribution in [2.24, 2.45) is 0 Å². The van der Waals surface area contributed by atoms with Crippen LogP contribution in [0.25, 0.3) is 0 Å². The molecule has 1 fully saturated rings. The van der Waals surface area contributed by atoms with Crippen LogP contribution in [0.2, 0.25) is 0 Å². The van der Waals surface area contributed by atoms with E-state index < -0.39 is 0 Å². The molecule has 13 heavy (non-hydrogen) atoms. The Morgan fingerprint density at radius 1 is 1.62 bits per heavy atom. The molecule has 1 aromatic rings. The first-order valence-corrected chi connectivity index (χ1v) is 4.94. The molecule has 2 rings (SSSR count). The molecule has 1 aromatic heterocycles. The Morgan fingerprint density at radius 2 is 2.46 bits per heavy atom. The topological polar surface area (TPSA) is 25.2 Å². The first-order chi connectivity index (χ1) is 6.24. The molecular formula is C11H17NO. The van der Waals surface area contributed by atoms with E-state index >= 15 is 0 Å². The maximum absolute atomic E-state index is 5.14. The maximum Gasteiger partial charge on any atom is 0.0940 e. The normalized spacial score (nSPS) is 33.8. The van der Waals surface area contributed by atoms with Crippen molar-refractivity contribution in [1.82, 2.24) is 5.32 Å². The SMILES string of the molecule is CNC1CCC(C)(c2ccoc2)C1. The number of rotatable bonds is 2. The molecule has 2 atom stereocenters. The lowest BCUT2D eigenvalue weighted by atomic mass is 9.82. The third kappa shape index (κ3) is 1.51. The lowest BCUT2D eigenvalue weighted by molar-refractivity contribution is 0.457. The molecule has 0 spiro atoms. The summed E-state index contributed by atoms with van der Waals surface area (Å²) in [5.74, 6) is 0. The van der Waals surface area contributed by atoms with Crippen LogP contribution >= 0.6 is 0 Å². The van der Waals surface area contributed by atoms with Crippen molar-refractivity contribution in [3.05, 3.63) is 24.2 Å². The summed E-state index contributed by atoms with van der Waals surface area (Å²) in [4.78, 5) is 0. The van der Waals surface area contributed by atoms with E-state index in [1.807, 2.05) is 13.3 Å². The molecule has 2 unspecified atom stereocenters. The highest BCUT2D eigenvalue weighted by Crippen LogP contribution is 2.40. The van der Waals surface area contributed by atoms with Crippen molar-refractivity contribution >= 4 is 0 Å². The smallest absolute Gasteiger partial charge is 0.0940 e. The minimum absolute atomic E-state index is 0.334. The van der Waals surface area contributed by atoms with Gasteiger partial charge in [0.05, 0.1) is 12.5 Å². The van der Waals surface area contributed by atoms with Crippen molar-refractivity contribution in [2.75, 3.05) is 7.05 Å². The molecule has 0 aliphatic heterocycles. The lowest BCUT2D eigenvalue weighted by Crippen LogP contribution is -2.25. The van der Waals surface area contributed by atoms with Crippen molar-refractivity contribution < 1.29 is 4.42 Å². The summed E-state index contributed by atoms with van der Waals surface area (Å²) < 4.78 is 5.14. The van der Waals surface area contributed by atoms with Crippen LogP contribution in [-0.4, -0.2) is 13.1 Å². The highest BCUT2D eigenvalue weighted by Gasteiger charge is 2.36. The van der Waals surface area contributed by atoms with Crippen molar-refractivity contribution in [3.8, 4) is 0 Å². The number of hydrogen-bond acceptors (Lipinski definition) is 2. The third-order valence-corrected chi connectivity index (χ3v) is 3.37. The molecule has 72 valence electrons. The minimum Gasteiger partial charge on any atom is -0.472 e. The summed E-state index contributed by atoms with van der Waals surface area (Å²) in [6, 6.07) is 2.78. The Hall–Kier alpha value is -0.760. The number of furan rings is 1. The van der Waals surface area contributed by atoms with Gasteiger partial charge in [0.2, 0.25) is 0 Å². The van der Waals surface area contributed by atoms with Crippen LogP contribution in [0, 0.1) is 0 Å². The first-order valence-electron chi connectivity index (χ1n) is 4.94. The fourth-order valence-electron chi connectivity index (χ4n) is 2.36. The molecule has 0 amide bonds. The van der Waals surface area contributed by atoms with E-state index in [1.54, 1.807) is 6.26 Å². The Bertz CT molecular complexity index is 268. The van der Waals surface area contributed by atoms with Gasteiger partial charge < -0.3 is 9.73 Å². The van der Waals surface area contributed by atoms with E-state index in [-0.39, 0.29) is 0 Å². The summed E-state index contributed by atoms with van der Waals surface area (Å²) in [6.45, 7) is 2.33. The van der Waals surface area contributed by atoms with Crippen molar-refractivity contribution in [3.63, 3.8) is 0 Å². The van der Waals surface area contributed by atoms with Crippen molar-refractivity contribution in [2.45, 2.75) is 37.6 Å². The van der Waals surface area contributed by atoms with Crippen molar-refractivity contribution in [1.29, 1.82) is 0 Å².